The van der Waals surface area contributed by atoms with Crippen LogP contribution in [0.3, 0.4) is 0 Å². The molecule has 2 aliphatic heterocycles. The highest BCUT2D eigenvalue weighted by molar-refractivity contribution is 5.84. The van der Waals surface area contributed by atoms with Gasteiger partial charge in [-0.05, 0) is 25.8 Å². The van der Waals surface area contributed by atoms with E-state index in [0.29, 0.717) is 18.6 Å². The van der Waals surface area contributed by atoms with E-state index in [1.807, 2.05) is 0 Å². The zero-order chi connectivity index (χ0) is 13.2. The topological polar surface area (TPSA) is 83.3 Å². The smallest absolute Gasteiger partial charge is 0.358 e. The second-order valence-electron chi connectivity index (χ2n) is 5.27. The van der Waals surface area contributed by atoms with Gasteiger partial charge in [-0.25, -0.2) is 4.79 Å². The average Bonchev–Trinajstić information content (AvgIpc) is 3.05. The number of fused-ring (bicyclic) bond motifs is 1. The first kappa shape index (κ1) is 12.6. The van der Waals surface area contributed by atoms with Crippen molar-refractivity contribution in [3.05, 3.63) is 11.9 Å². The normalized spacial score (nSPS) is 26.7. The van der Waals surface area contributed by atoms with Gasteiger partial charge in [0.15, 0.2) is 5.69 Å². The number of carboxylic acid groups (broad SMARTS) is 1. The number of nitrogens with zero attached hydrogens (tertiary/aromatic N) is 4. The lowest BCUT2D eigenvalue weighted by molar-refractivity contribution is 0.0690. The highest BCUT2D eigenvalue weighted by Gasteiger charge is 2.36. The molecule has 1 aromatic heterocycles. The lowest BCUT2D eigenvalue weighted by atomic mass is 10.1. The molecule has 7 nitrogen and oxygen atoms in total. The number of carbonyl (C=O) groups is 1. The van der Waals surface area contributed by atoms with E-state index in [0.717, 1.165) is 6.54 Å². The van der Waals surface area contributed by atoms with Crippen molar-refractivity contribution in [2.45, 2.75) is 37.9 Å². The molecule has 104 valence electrons. The van der Waals surface area contributed by atoms with Crippen LogP contribution in [-0.4, -0.2) is 62.7 Å². The summed E-state index contributed by atoms with van der Waals surface area (Å²) in [4.78, 5) is 13.3. The maximum atomic E-state index is 10.7. The van der Waals surface area contributed by atoms with Crippen LogP contribution in [0.25, 0.3) is 0 Å². The lowest BCUT2D eigenvalue weighted by Crippen LogP contribution is -2.40. The molecule has 0 aliphatic carbocycles. The Morgan fingerprint density at radius 1 is 1.47 bits per heavy atom. The highest BCUT2D eigenvalue weighted by Crippen LogP contribution is 2.27. The Hall–Kier alpha value is -1.47. The molecule has 19 heavy (non-hydrogen) atoms. The third-order valence-corrected chi connectivity index (χ3v) is 4.11. The third kappa shape index (κ3) is 2.62. The Labute approximate surface area is 111 Å². The van der Waals surface area contributed by atoms with E-state index in [2.05, 4.69) is 20.5 Å². The summed E-state index contributed by atoms with van der Waals surface area (Å²) in [5.41, 5.74) is 0.00262. The molecule has 2 atom stereocenters. The van der Waals surface area contributed by atoms with E-state index < -0.39 is 5.97 Å². The summed E-state index contributed by atoms with van der Waals surface area (Å²) in [6.07, 6.45) is 5.29. The minimum Gasteiger partial charge on any atom is -0.476 e. The van der Waals surface area contributed by atoms with E-state index in [1.165, 1.54) is 38.5 Å². The molecule has 2 fully saturated rings. The van der Waals surface area contributed by atoms with Gasteiger partial charge in [0.1, 0.15) is 0 Å². The van der Waals surface area contributed by atoms with Crippen molar-refractivity contribution < 1.29 is 9.90 Å². The van der Waals surface area contributed by atoms with Crippen molar-refractivity contribution >= 4 is 5.97 Å². The van der Waals surface area contributed by atoms with E-state index in [1.54, 1.807) is 4.68 Å². The first-order chi connectivity index (χ1) is 9.24. The molecule has 7 heteroatoms. The van der Waals surface area contributed by atoms with Crippen LogP contribution in [0.1, 0.15) is 29.8 Å². The van der Waals surface area contributed by atoms with E-state index in [4.69, 9.17) is 5.11 Å². The Balaban J connectivity index is 1.46. The monoisotopic (exact) mass is 265 g/mol. The largest absolute Gasteiger partial charge is 0.476 e. The molecule has 0 spiro atoms. The fraction of sp³-hybridized carbons (Fsp3) is 0.750. The number of carboxylic acids is 1. The maximum absolute atomic E-state index is 10.7. The number of nitrogens with one attached hydrogen (secondary N) is 1. The third-order valence-electron chi connectivity index (χ3n) is 4.11. The number of rotatable bonds is 5. The molecular formula is C12H19N5O2. The molecule has 0 radical (unpaired) electrons. The van der Waals surface area contributed by atoms with Crippen LogP contribution in [0.5, 0.6) is 0 Å². The fourth-order valence-corrected chi connectivity index (χ4v) is 3.19. The summed E-state index contributed by atoms with van der Waals surface area (Å²) < 4.78 is 1.58. The molecule has 2 unspecified atom stereocenters. The van der Waals surface area contributed by atoms with Crippen molar-refractivity contribution in [1.82, 2.24) is 25.2 Å². The van der Waals surface area contributed by atoms with Crippen LogP contribution in [0.2, 0.25) is 0 Å². The average molecular weight is 265 g/mol. The Bertz CT molecular complexity index is 461. The van der Waals surface area contributed by atoms with Crippen molar-refractivity contribution in [2.24, 2.45) is 0 Å². The Kier molecular flexibility index (Phi) is 3.48. The molecule has 2 N–H and O–H groups in total. The van der Waals surface area contributed by atoms with Crippen molar-refractivity contribution in [3.8, 4) is 0 Å². The van der Waals surface area contributed by atoms with Gasteiger partial charge >= 0.3 is 5.97 Å². The first-order valence-electron chi connectivity index (χ1n) is 6.85. The van der Waals surface area contributed by atoms with Gasteiger partial charge in [0.2, 0.25) is 0 Å². The van der Waals surface area contributed by atoms with Gasteiger partial charge in [-0.1, -0.05) is 5.21 Å². The molecular weight excluding hydrogens is 246 g/mol. The van der Waals surface area contributed by atoms with Crippen LogP contribution in [0.4, 0.5) is 0 Å². The van der Waals surface area contributed by atoms with E-state index >= 15 is 0 Å². The van der Waals surface area contributed by atoms with Gasteiger partial charge in [0.25, 0.3) is 0 Å². The molecule has 3 heterocycles. The second kappa shape index (κ2) is 5.26. The van der Waals surface area contributed by atoms with Crippen LogP contribution in [0, 0.1) is 0 Å². The summed E-state index contributed by atoms with van der Waals surface area (Å²) in [5.74, 6) is -1.03. The van der Waals surface area contributed by atoms with Crippen molar-refractivity contribution in [1.29, 1.82) is 0 Å². The number of hydrogen-bond acceptors (Lipinski definition) is 5. The van der Waals surface area contributed by atoms with Gasteiger partial charge in [-0.2, -0.15) is 0 Å². The van der Waals surface area contributed by atoms with Gasteiger partial charge < -0.3 is 10.4 Å². The van der Waals surface area contributed by atoms with Crippen molar-refractivity contribution in [3.63, 3.8) is 0 Å². The van der Waals surface area contributed by atoms with E-state index in [-0.39, 0.29) is 5.69 Å². The number of aromatic nitrogens is 3. The number of aromatic carboxylic acids is 1. The predicted molar refractivity (Wildman–Crippen MR) is 68.0 cm³/mol. The lowest BCUT2D eigenvalue weighted by Gasteiger charge is -2.21. The minimum absolute atomic E-state index is 0.00262. The molecule has 1 aromatic rings. The fourth-order valence-electron chi connectivity index (χ4n) is 3.19. The first-order valence-corrected chi connectivity index (χ1v) is 6.85. The summed E-state index contributed by atoms with van der Waals surface area (Å²) in [6.45, 7) is 3.91. The zero-order valence-electron chi connectivity index (χ0n) is 10.8. The molecule has 0 amide bonds. The molecule has 0 bridgehead atoms. The van der Waals surface area contributed by atoms with Crippen LogP contribution in [-0.2, 0) is 6.54 Å². The molecule has 2 aliphatic rings. The molecule has 2 saturated heterocycles. The Morgan fingerprint density at radius 2 is 2.37 bits per heavy atom. The summed E-state index contributed by atoms with van der Waals surface area (Å²) >= 11 is 0. The maximum Gasteiger partial charge on any atom is 0.358 e. The van der Waals surface area contributed by atoms with Crippen LogP contribution >= 0.6 is 0 Å². The number of hydrogen-bond donors (Lipinski definition) is 2. The second-order valence-corrected chi connectivity index (χ2v) is 5.27. The summed E-state index contributed by atoms with van der Waals surface area (Å²) in [5, 5.41) is 19.7. The van der Waals surface area contributed by atoms with Gasteiger partial charge in [-0.3, -0.25) is 9.58 Å². The molecule has 0 aromatic carbocycles. The van der Waals surface area contributed by atoms with Crippen molar-refractivity contribution in [2.75, 3.05) is 19.6 Å². The summed E-state index contributed by atoms with van der Waals surface area (Å²) in [6, 6.07) is 1.27. The van der Waals surface area contributed by atoms with Crippen LogP contribution in [0.15, 0.2) is 6.20 Å². The zero-order valence-corrected chi connectivity index (χ0v) is 10.8. The standard InChI is InChI=1S/C12H19N5O2/c18-12(19)10-8-17(15-14-10)7-4-13-9-3-6-16-5-1-2-11(9)16/h8-9,11,13H,1-7H2,(H,18,19). The van der Waals surface area contributed by atoms with Crippen LogP contribution < -0.4 is 5.32 Å². The quantitative estimate of drug-likeness (QED) is 0.767. The molecule has 3 rings (SSSR count). The summed E-state index contributed by atoms with van der Waals surface area (Å²) in [7, 11) is 0. The van der Waals surface area contributed by atoms with E-state index in [9.17, 15) is 4.79 Å². The predicted octanol–water partition coefficient (Wildman–Crippen LogP) is -0.197. The van der Waals surface area contributed by atoms with Gasteiger partial charge in [0, 0.05) is 25.2 Å². The van der Waals surface area contributed by atoms with Gasteiger partial charge in [-0.15, -0.1) is 5.10 Å². The molecule has 0 saturated carbocycles. The Morgan fingerprint density at radius 3 is 3.16 bits per heavy atom. The minimum atomic E-state index is -1.03. The van der Waals surface area contributed by atoms with Gasteiger partial charge in [0.05, 0.1) is 12.7 Å². The highest BCUT2D eigenvalue weighted by atomic mass is 16.4. The SMILES string of the molecule is O=C(O)c1cn(CCNC2CCN3CCCC23)nn1.